The second-order valence-electron chi connectivity index (χ2n) is 6.19. The fraction of sp³-hybridized carbons (Fsp3) is 0.389. The van der Waals surface area contributed by atoms with E-state index in [4.69, 9.17) is 5.73 Å². The van der Waals surface area contributed by atoms with Crippen LogP contribution in [0.4, 0.5) is 5.82 Å². The number of nitrogens with zero attached hydrogens (tertiary/aromatic N) is 3. The molecule has 1 aliphatic heterocycles. The molecule has 0 radical (unpaired) electrons. The number of amides is 2. The van der Waals surface area contributed by atoms with E-state index in [1.807, 2.05) is 42.2 Å². The van der Waals surface area contributed by atoms with Crippen LogP contribution in [0.3, 0.4) is 0 Å². The predicted molar refractivity (Wildman–Crippen MR) is 94.5 cm³/mol. The first-order chi connectivity index (χ1) is 12.1. The lowest BCUT2D eigenvalue weighted by molar-refractivity contribution is -0.125. The Morgan fingerprint density at radius 2 is 1.92 bits per heavy atom. The number of carbonyl (C=O) groups is 2. The first-order valence-corrected chi connectivity index (χ1v) is 8.51. The Hall–Kier alpha value is -2.67. The van der Waals surface area contributed by atoms with Gasteiger partial charge in [-0.3, -0.25) is 14.5 Å². The van der Waals surface area contributed by atoms with Crippen molar-refractivity contribution in [2.24, 2.45) is 5.73 Å². The molecule has 1 aromatic heterocycles. The van der Waals surface area contributed by atoms with Crippen LogP contribution in [-0.2, 0) is 22.7 Å². The third-order valence-corrected chi connectivity index (χ3v) is 4.62. The molecule has 7 nitrogen and oxygen atoms in total. The number of primary amides is 1. The van der Waals surface area contributed by atoms with Crippen molar-refractivity contribution in [3.63, 3.8) is 0 Å². The van der Waals surface area contributed by atoms with Gasteiger partial charge < -0.3 is 11.1 Å². The van der Waals surface area contributed by atoms with Crippen LogP contribution in [0.15, 0.2) is 42.6 Å². The molecule has 0 aliphatic carbocycles. The first kappa shape index (κ1) is 17.2. The number of benzene rings is 1. The molecule has 2 aromatic rings. The summed E-state index contributed by atoms with van der Waals surface area (Å²) in [5.41, 5.74) is 6.61. The number of aromatic nitrogens is 2. The highest BCUT2D eigenvalue weighted by molar-refractivity contribution is 5.95. The lowest BCUT2D eigenvalue weighted by Crippen LogP contribution is -2.47. The van der Waals surface area contributed by atoms with Crippen LogP contribution < -0.4 is 11.1 Å². The van der Waals surface area contributed by atoms with Crippen molar-refractivity contribution in [3.8, 4) is 0 Å². The maximum absolute atomic E-state index is 12.8. The summed E-state index contributed by atoms with van der Waals surface area (Å²) in [6, 6.07) is 10.7. The number of nitrogens with two attached hydrogens (primary N) is 1. The highest BCUT2D eigenvalue weighted by Crippen LogP contribution is 2.27. The zero-order chi connectivity index (χ0) is 17.8. The van der Waals surface area contributed by atoms with Crippen molar-refractivity contribution in [2.75, 3.05) is 5.32 Å². The van der Waals surface area contributed by atoms with Gasteiger partial charge in [0.15, 0.2) is 0 Å². The van der Waals surface area contributed by atoms with Crippen LogP contribution in [0.2, 0.25) is 0 Å². The molecule has 1 aliphatic rings. The van der Waals surface area contributed by atoms with Crippen molar-refractivity contribution in [3.05, 3.63) is 48.2 Å². The molecular weight excluding hydrogens is 318 g/mol. The molecule has 3 rings (SSSR count). The van der Waals surface area contributed by atoms with E-state index < -0.39 is 12.1 Å². The molecule has 1 aromatic carbocycles. The summed E-state index contributed by atoms with van der Waals surface area (Å²) in [5.74, 6) is 0.148. The number of nitrogens with one attached hydrogen (secondary N) is 1. The zero-order valence-corrected chi connectivity index (χ0v) is 14.3. The Kier molecular flexibility index (Phi) is 5.14. The lowest BCUT2D eigenvalue weighted by atomic mass is 10.1. The molecule has 1 saturated heterocycles. The maximum atomic E-state index is 12.8. The molecule has 3 N–H and O–H groups in total. The standard InChI is InChI=1S/C18H23N5O2/c1-2-23-16(10-11-20-23)21-18(25)15-9-8-14(17(19)24)22(15)12-13-6-4-3-5-7-13/h3-7,10-11,14-15H,2,8-9,12H2,1H3,(H2,19,24)(H,21,25)/t14-,15+/m0/s1. The summed E-state index contributed by atoms with van der Waals surface area (Å²) >= 11 is 0. The van der Waals surface area contributed by atoms with Gasteiger partial charge in [-0.25, -0.2) is 4.68 Å². The fourth-order valence-corrected chi connectivity index (χ4v) is 3.37. The fourth-order valence-electron chi connectivity index (χ4n) is 3.37. The Labute approximate surface area is 146 Å². The summed E-state index contributed by atoms with van der Waals surface area (Å²) in [6.07, 6.45) is 2.85. The number of aryl methyl sites for hydroxylation is 1. The number of anilines is 1. The number of hydrogen-bond acceptors (Lipinski definition) is 4. The van der Waals surface area contributed by atoms with Gasteiger partial charge in [0.2, 0.25) is 11.8 Å². The van der Waals surface area contributed by atoms with Gasteiger partial charge in [0.25, 0.3) is 0 Å². The summed E-state index contributed by atoms with van der Waals surface area (Å²) in [6.45, 7) is 3.15. The topological polar surface area (TPSA) is 93.2 Å². The quantitative estimate of drug-likeness (QED) is 0.830. The minimum atomic E-state index is -0.424. The van der Waals surface area contributed by atoms with Gasteiger partial charge in [-0.15, -0.1) is 0 Å². The van der Waals surface area contributed by atoms with Gasteiger partial charge in [0, 0.05) is 19.2 Å². The highest BCUT2D eigenvalue weighted by Gasteiger charge is 2.40. The summed E-state index contributed by atoms with van der Waals surface area (Å²) in [7, 11) is 0. The molecule has 25 heavy (non-hydrogen) atoms. The third-order valence-electron chi connectivity index (χ3n) is 4.62. The number of hydrogen-bond donors (Lipinski definition) is 2. The molecule has 0 bridgehead atoms. The van der Waals surface area contributed by atoms with Gasteiger partial charge in [0.1, 0.15) is 5.82 Å². The van der Waals surface area contributed by atoms with E-state index in [2.05, 4.69) is 10.4 Å². The number of rotatable bonds is 6. The van der Waals surface area contributed by atoms with Crippen LogP contribution in [0, 0.1) is 0 Å². The molecule has 7 heteroatoms. The largest absolute Gasteiger partial charge is 0.368 e. The number of likely N-dealkylation sites (tertiary alicyclic amines) is 1. The van der Waals surface area contributed by atoms with Gasteiger partial charge in [-0.2, -0.15) is 5.10 Å². The minimum Gasteiger partial charge on any atom is -0.368 e. The van der Waals surface area contributed by atoms with E-state index in [0.29, 0.717) is 31.7 Å². The molecule has 2 heterocycles. The van der Waals surface area contributed by atoms with Gasteiger partial charge in [0.05, 0.1) is 18.3 Å². The minimum absolute atomic E-state index is 0.130. The van der Waals surface area contributed by atoms with E-state index in [-0.39, 0.29) is 11.8 Å². The van der Waals surface area contributed by atoms with Crippen LogP contribution >= 0.6 is 0 Å². The van der Waals surface area contributed by atoms with Crippen molar-refractivity contribution >= 4 is 17.6 Å². The molecule has 2 amide bonds. The summed E-state index contributed by atoms with van der Waals surface area (Å²) in [5, 5.41) is 7.08. The second kappa shape index (κ2) is 7.48. The normalized spacial score (nSPS) is 20.5. The van der Waals surface area contributed by atoms with Gasteiger partial charge in [-0.1, -0.05) is 30.3 Å². The van der Waals surface area contributed by atoms with E-state index in [0.717, 1.165) is 5.56 Å². The van der Waals surface area contributed by atoms with Crippen LogP contribution in [0.1, 0.15) is 25.3 Å². The number of carbonyl (C=O) groups excluding carboxylic acids is 2. The summed E-state index contributed by atoms with van der Waals surface area (Å²) < 4.78 is 1.72. The average molecular weight is 341 g/mol. The Balaban J connectivity index is 1.78. The Morgan fingerprint density at radius 1 is 1.20 bits per heavy atom. The van der Waals surface area contributed by atoms with Crippen LogP contribution in [0.25, 0.3) is 0 Å². The zero-order valence-electron chi connectivity index (χ0n) is 14.3. The monoisotopic (exact) mass is 341 g/mol. The molecule has 0 saturated carbocycles. The van der Waals surface area contributed by atoms with Crippen molar-refractivity contribution in [1.29, 1.82) is 0 Å². The van der Waals surface area contributed by atoms with Crippen molar-refractivity contribution in [1.82, 2.24) is 14.7 Å². The molecule has 0 spiro atoms. The van der Waals surface area contributed by atoms with E-state index in [1.54, 1.807) is 16.9 Å². The SMILES string of the molecule is CCn1nccc1NC(=O)[C@H]1CC[C@@H](C(N)=O)N1Cc1ccccc1. The highest BCUT2D eigenvalue weighted by atomic mass is 16.2. The third kappa shape index (κ3) is 3.71. The lowest BCUT2D eigenvalue weighted by Gasteiger charge is -2.28. The Morgan fingerprint density at radius 3 is 2.60 bits per heavy atom. The molecular formula is C18H23N5O2. The maximum Gasteiger partial charge on any atom is 0.242 e. The molecule has 1 fully saturated rings. The van der Waals surface area contributed by atoms with Gasteiger partial charge >= 0.3 is 0 Å². The summed E-state index contributed by atoms with van der Waals surface area (Å²) in [4.78, 5) is 26.5. The first-order valence-electron chi connectivity index (χ1n) is 8.51. The van der Waals surface area contributed by atoms with Crippen molar-refractivity contribution < 1.29 is 9.59 Å². The van der Waals surface area contributed by atoms with E-state index in [1.165, 1.54) is 0 Å². The predicted octanol–water partition coefficient (Wildman–Crippen LogP) is 1.36. The Bertz CT molecular complexity index is 743. The second-order valence-corrected chi connectivity index (χ2v) is 6.19. The molecule has 0 unspecified atom stereocenters. The van der Waals surface area contributed by atoms with Crippen LogP contribution in [0.5, 0.6) is 0 Å². The van der Waals surface area contributed by atoms with Crippen molar-refractivity contribution in [2.45, 2.75) is 44.9 Å². The smallest absolute Gasteiger partial charge is 0.242 e. The molecule has 132 valence electrons. The average Bonchev–Trinajstić information content (AvgIpc) is 3.22. The van der Waals surface area contributed by atoms with Gasteiger partial charge in [-0.05, 0) is 25.3 Å². The van der Waals surface area contributed by atoms with E-state index >= 15 is 0 Å². The van der Waals surface area contributed by atoms with Crippen LogP contribution in [-0.4, -0.2) is 38.6 Å². The molecule has 2 atom stereocenters. The van der Waals surface area contributed by atoms with E-state index in [9.17, 15) is 9.59 Å².